The molecule has 0 bridgehead atoms. The maximum absolute atomic E-state index is 10.5. The standard InChI is InChI=1S/C22H26INO4/c1-4-17(14(2)25)20(26)9-8-16(19-7-5-6-10-24-19)11-15-12-18(23)22(27)21(13-15)28-3/h4-7,10-14,17,20,25-27H,1,8-9H2,2-3H3/b16-11-/t14-,17+,20-/m1/s1. The number of aliphatic hydroxyl groups excluding tert-OH is 2. The van der Waals surface area contributed by atoms with Crippen molar-refractivity contribution >= 4 is 34.2 Å². The number of pyridine rings is 1. The van der Waals surface area contributed by atoms with Gasteiger partial charge in [-0.15, -0.1) is 6.58 Å². The third kappa shape index (κ3) is 5.80. The smallest absolute Gasteiger partial charge is 0.171 e. The Labute approximate surface area is 179 Å². The molecule has 3 atom stereocenters. The van der Waals surface area contributed by atoms with E-state index in [-0.39, 0.29) is 11.7 Å². The molecular weight excluding hydrogens is 469 g/mol. The third-order valence-corrected chi connectivity index (χ3v) is 5.41. The average molecular weight is 495 g/mol. The van der Waals surface area contributed by atoms with Gasteiger partial charge in [0, 0.05) is 12.1 Å². The fraction of sp³-hybridized carbons (Fsp3) is 0.318. The van der Waals surface area contributed by atoms with Crippen molar-refractivity contribution in [2.24, 2.45) is 5.92 Å². The van der Waals surface area contributed by atoms with Crippen LogP contribution in [-0.2, 0) is 0 Å². The van der Waals surface area contributed by atoms with Crippen LogP contribution in [0.25, 0.3) is 11.6 Å². The SMILES string of the molecule is C=C[C@H]([C@H](O)CC/C(=C/c1cc(I)c(O)c(OC)c1)c1ccccn1)[C@@H](C)O. The number of allylic oxidation sites excluding steroid dienone is 1. The first-order chi connectivity index (χ1) is 13.4. The van der Waals surface area contributed by atoms with Crippen molar-refractivity contribution in [2.75, 3.05) is 7.11 Å². The van der Waals surface area contributed by atoms with Crippen LogP contribution in [0.3, 0.4) is 0 Å². The van der Waals surface area contributed by atoms with Gasteiger partial charge in [-0.25, -0.2) is 0 Å². The predicted molar refractivity (Wildman–Crippen MR) is 120 cm³/mol. The fourth-order valence-corrected chi connectivity index (χ4v) is 3.66. The quantitative estimate of drug-likeness (QED) is 0.358. The summed E-state index contributed by atoms with van der Waals surface area (Å²) in [6.07, 6.45) is 4.93. The van der Waals surface area contributed by atoms with E-state index in [4.69, 9.17) is 4.74 Å². The molecular formula is C22H26INO4. The minimum absolute atomic E-state index is 0.112. The summed E-state index contributed by atoms with van der Waals surface area (Å²) in [6, 6.07) is 9.31. The molecule has 150 valence electrons. The molecule has 1 aromatic heterocycles. The molecule has 1 heterocycles. The van der Waals surface area contributed by atoms with Crippen LogP contribution >= 0.6 is 22.6 Å². The number of halogens is 1. The molecule has 2 aromatic rings. The van der Waals surface area contributed by atoms with E-state index < -0.39 is 12.2 Å². The second-order valence-corrected chi connectivity index (χ2v) is 7.76. The highest BCUT2D eigenvalue weighted by atomic mass is 127. The Kier molecular flexibility index (Phi) is 8.47. The van der Waals surface area contributed by atoms with E-state index in [0.717, 1.165) is 16.8 Å². The molecule has 0 radical (unpaired) electrons. The molecule has 0 amide bonds. The van der Waals surface area contributed by atoms with Crippen molar-refractivity contribution in [1.29, 1.82) is 0 Å². The molecule has 0 aliphatic rings. The molecule has 0 fully saturated rings. The number of nitrogens with zero attached hydrogens (tertiary/aromatic N) is 1. The molecule has 0 saturated carbocycles. The van der Waals surface area contributed by atoms with Gasteiger partial charge in [-0.1, -0.05) is 12.1 Å². The maximum Gasteiger partial charge on any atom is 0.171 e. The Hall–Kier alpha value is -1.90. The highest BCUT2D eigenvalue weighted by molar-refractivity contribution is 14.1. The summed E-state index contributed by atoms with van der Waals surface area (Å²) in [5.74, 6) is 0.125. The van der Waals surface area contributed by atoms with Gasteiger partial charge in [0.2, 0.25) is 0 Å². The Balaban J connectivity index is 2.35. The second-order valence-electron chi connectivity index (χ2n) is 6.60. The van der Waals surface area contributed by atoms with Gasteiger partial charge in [0.25, 0.3) is 0 Å². The zero-order valence-corrected chi connectivity index (χ0v) is 18.2. The topological polar surface area (TPSA) is 82.8 Å². The molecule has 6 heteroatoms. The molecule has 0 unspecified atom stereocenters. The van der Waals surface area contributed by atoms with Gasteiger partial charge in [0.15, 0.2) is 11.5 Å². The van der Waals surface area contributed by atoms with Crippen LogP contribution in [0.1, 0.15) is 31.0 Å². The van der Waals surface area contributed by atoms with Crippen LogP contribution in [-0.4, -0.2) is 39.6 Å². The van der Waals surface area contributed by atoms with E-state index in [1.165, 1.54) is 7.11 Å². The minimum Gasteiger partial charge on any atom is -0.504 e. The van der Waals surface area contributed by atoms with Crippen molar-refractivity contribution in [3.63, 3.8) is 0 Å². The lowest BCUT2D eigenvalue weighted by atomic mass is 9.91. The van der Waals surface area contributed by atoms with Crippen LogP contribution in [0.2, 0.25) is 0 Å². The Morgan fingerprint density at radius 1 is 1.32 bits per heavy atom. The average Bonchev–Trinajstić information content (AvgIpc) is 2.68. The lowest BCUT2D eigenvalue weighted by molar-refractivity contribution is 0.0429. The summed E-state index contributed by atoms with van der Waals surface area (Å²) in [5, 5.41) is 30.3. The van der Waals surface area contributed by atoms with Gasteiger partial charge in [-0.2, -0.15) is 0 Å². The minimum atomic E-state index is -0.709. The van der Waals surface area contributed by atoms with Gasteiger partial charge < -0.3 is 20.1 Å². The van der Waals surface area contributed by atoms with Gasteiger partial charge in [0.05, 0.1) is 28.6 Å². The summed E-state index contributed by atoms with van der Waals surface area (Å²) >= 11 is 2.06. The first kappa shape index (κ1) is 22.4. The number of aliphatic hydroxyl groups is 2. The summed E-state index contributed by atoms with van der Waals surface area (Å²) in [6.45, 7) is 5.36. The number of methoxy groups -OCH3 is 1. The zero-order chi connectivity index (χ0) is 20.7. The number of hydrogen-bond donors (Lipinski definition) is 3. The number of phenols is 1. The van der Waals surface area contributed by atoms with E-state index in [1.807, 2.05) is 30.3 Å². The van der Waals surface area contributed by atoms with Crippen LogP contribution in [0.5, 0.6) is 11.5 Å². The van der Waals surface area contributed by atoms with E-state index in [1.54, 1.807) is 25.3 Å². The predicted octanol–water partition coefficient (Wildman–Crippen LogP) is 4.27. The lowest BCUT2D eigenvalue weighted by Crippen LogP contribution is -2.28. The molecule has 5 nitrogen and oxygen atoms in total. The number of hydrogen-bond acceptors (Lipinski definition) is 5. The van der Waals surface area contributed by atoms with E-state index in [0.29, 0.717) is 22.2 Å². The number of rotatable bonds is 9. The zero-order valence-electron chi connectivity index (χ0n) is 16.0. The number of aromatic nitrogens is 1. The van der Waals surface area contributed by atoms with Crippen molar-refractivity contribution in [3.05, 3.63) is 64.0 Å². The van der Waals surface area contributed by atoms with Crippen LogP contribution in [0, 0.1) is 9.49 Å². The van der Waals surface area contributed by atoms with Crippen LogP contribution in [0.15, 0.2) is 49.2 Å². The Bertz CT molecular complexity index is 821. The van der Waals surface area contributed by atoms with Crippen LogP contribution in [0.4, 0.5) is 0 Å². The maximum atomic E-state index is 10.5. The summed E-state index contributed by atoms with van der Waals surface area (Å²) in [7, 11) is 1.51. The Morgan fingerprint density at radius 3 is 2.64 bits per heavy atom. The number of ether oxygens (including phenoxy) is 1. The first-order valence-electron chi connectivity index (χ1n) is 9.04. The van der Waals surface area contributed by atoms with Crippen molar-refractivity contribution in [3.8, 4) is 11.5 Å². The highest BCUT2D eigenvalue weighted by Crippen LogP contribution is 2.34. The molecule has 0 saturated heterocycles. The molecule has 2 rings (SSSR count). The van der Waals surface area contributed by atoms with Crippen LogP contribution < -0.4 is 4.74 Å². The van der Waals surface area contributed by atoms with Gasteiger partial charge in [-0.3, -0.25) is 4.98 Å². The van der Waals surface area contributed by atoms with Gasteiger partial charge >= 0.3 is 0 Å². The number of benzene rings is 1. The first-order valence-corrected chi connectivity index (χ1v) is 10.1. The molecule has 3 N–H and O–H groups in total. The second kappa shape index (κ2) is 10.6. The Morgan fingerprint density at radius 2 is 2.07 bits per heavy atom. The monoisotopic (exact) mass is 495 g/mol. The summed E-state index contributed by atoms with van der Waals surface area (Å²) in [4.78, 5) is 4.43. The van der Waals surface area contributed by atoms with Crippen molar-refractivity contribution in [1.82, 2.24) is 4.98 Å². The highest BCUT2D eigenvalue weighted by Gasteiger charge is 2.21. The molecule has 0 aliphatic carbocycles. The fourth-order valence-electron chi connectivity index (χ4n) is 3.03. The van der Waals surface area contributed by atoms with Crippen molar-refractivity contribution in [2.45, 2.75) is 32.0 Å². The normalized spacial score (nSPS) is 15.0. The molecule has 28 heavy (non-hydrogen) atoms. The largest absolute Gasteiger partial charge is 0.504 e. The van der Waals surface area contributed by atoms with E-state index >= 15 is 0 Å². The molecule has 0 spiro atoms. The molecule has 1 aromatic carbocycles. The molecule has 0 aliphatic heterocycles. The number of phenolic OH excluding ortho intramolecular Hbond substituents is 1. The van der Waals surface area contributed by atoms with E-state index in [2.05, 4.69) is 34.2 Å². The summed E-state index contributed by atoms with van der Waals surface area (Å²) in [5.41, 5.74) is 2.62. The lowest BCUT2D eigenvalue weighted by Gasteiger charge is -2.22. The van der Waals surface area contributed by atoms with E-state index in [9.17, 15) is 15.3 Å². The van der Waals surface area contributed by atoms with Gasteiger partial charge in [-0.05, 0) is 83.8 Å². The third-order valence-electron chi connectivity index (χ3n) is 4.59. The summed E-state index contributed by atoms with van der Waals surface area (Å²) < 4.78 is 5.93. The number of aromatic hydroxyl groups is 1. The van der Waals surface area contributed by atoms with Gasteiger partial charge in [0.1, 0.15) is 0 Å². The van der Waals surface area contributed by atoms with Crippen molar-refractivity contribution < 1.29 is 20.1 Å².